The van der Waals surface area contributed by atoms with Crippen LogP contribution in [0.2, 0.25) is 0 Å². The first-order valence-electron chi connectivity index (χ1n) is 5.88. The van der Waals surface area contributed by atoms with E-state index in [1.54, 1.807) is 24.0 Å². The summed E-state index contributed by atoms with van der Waals surface area (Å²) in [6, 6.07) is 3.26. The summed E-state index contributed by atoms with van der Waals surface area (Å²) in [5.74, 6) is -1.66. The maximum atomic E-state index is 13.3. The van der Waals surface area contributed by atoms with Crippen LogP contribution in [0, 0.1) is 15.9 Å². The van der Waals surface area contributed by atoms with Crippen LogP contribution in [0.1, 0.15) is 16.1 Å². The molecule has 0 radical (unpaired) electrons. The van der Waals surface area contributed by atoms with E-state index in [9.17, 15) is 19.3 Å². The van der Waals surface area contributed by atoms with E-state index in [-0.39, 0.29) is 17.8 Å². The number of halogens is 1. The first-order chi connectivity index (χ1) is 9.88. The van der Waals surface area contributed by atoms with Gasteiger partial charge in [-0.05, 0) is 12.1 Å². The summed E-state index contributed by atoms with van der Waals surface area (Å²) >= 11 is 0. The lowest BCUT2D eigenvalue weighted by atomic mass is 10.1. The van der Waals surface area contributed by atoms with Crippen LogP contribution in [-0.2, 0) is 13.6 Å². The van der Waals surface area contributed by atoms with Gasteiger partial charge in [-0.1, -0.05) is 0 Å². The topological polar surface area (TPSA) is 116 Å². The molecule has 9 heteroatoms. The fourth-order valence-corrected chi connectivity index (χ4v) is 1.74. The van der Waals surface area contributed by atoms with Crippen molar-refractivity contribution < 1.29 is 14.1 Å². The Kier molecular flexibility index (Phi) is 3.83. The number of nitro benzene ring substituents is 1. The first-order valence-corrected chi connectivity index (χ1v) is 5.88. The second-order valence-corrected chi connectivity index (χ2v) is 4.31. The number of carbonyl (C=O) groups excluding carboxylic acids is 1. The molecule has 0 spiro atoms. The summed E-state index contributed by atoms with van der Waals surface area (Å²) < 4.78 is 14.8. The smallest absolute Gasteiger partial charge is 0.285 e. The Labute approximate surface area is 118 Å². The van der Waals surface area contributed by atoms with Gasteiger partial charge in [0.1, 0.15) is 5.56 Å². The summed E-state index contributed by atoms with van der Waals surface area (Å²) in [5, 5.41) is 17.4. The van der Waals surface area contributed by atoms with Crippen LogP contribution >= 0.6 is 0 Å². The van der Waals surface area contributed by atoms with Crippen molar-refractivity contribution in [3.05, 3.63) is 51.6 Å². The highest BCUT2D eigenvalue weighted by atomic mass is 19.1. The van der Waals surface area contributed by atoms with E-state index in [4.69, 9.17) is 5.73 Å². The fraction of sp³-hybridized carbons (Fsp3) is 0.167. The number of nitro groups is 1. The molecule has 1 heterocycles. The maximum Gasteiger partial charge on any atom is 0.285 e. The quantitative estimate of drug-likeness (QED) is 0.495. The number of aromatic nitrogens is 2. The zero-order valence-electron chi connectivity index (χ0n) is 11.0. The van der Waals surface area contributed by atoms with E-state index in [0.29, 0.717) is 11.8 Å². The lowest BCUT2D eigenvalue weighted by Crippen LogP contribution is -2.24. The maximum absolute atomic E-state index is 13.3. The Morgan fingerprint density at radius 3 is 2.86 bits per heavy atom. The number of aryl methyl sites for hydroxylation is 1. The molecule has 1 amide bonds. The van der Waals surface area contributed by atoms with E-state index >= 15 is 0 Å². The van der Waals surface area contributed by atoms with Crippen LogP contribution in [0.15, 0.2) is 24.4 Å². The van der Waals surface area contributed by atoms with Crippen LogP contribution in [0.3, 0.4) is 0 Å². The number of benzene rings is 1. The third kappa shape index (κ3) is 3.14. The lowest BCUT2D eigenvalue weighted by molar-refractivity contribution is -0.385. The highest BCUT2D eigenvalue weighted by Crippen LogP contribution is 2.24. The van der Waals surface area contributed by atoms with E-state index in [1.165, 1.54) is 0 Å². The van der Waals surface area contributed by atoms with Gasteiger partial charge < -0.3 is 11.1 Å². The number of rotatable bonds is 4. The number of hydrogen-bond donors (Lipinski definition) is 2. The van der Waals surface area contributed by atoms with Gasteiger partial charge in [-0.2, -0.15) is 5.10 Å². The van der Waals surface area contributed by atoms with Gasteiger partial charge in [0.05, 0.1) is 28.9 Å². The molecule has 8 nitrogen and oxygen atoms in total. The van der Waals surface area contributed by atoms with Crippen molar-refractivity contribution in [2.45, 2.75) is 6.54 Å². The van der Waals surface area contributed by atoms with Gasteiger partial charge in [-0.3, -0.25) is 19.6 Å². The van der Waals surface area contributed by atoms with Gasteiger partial charge in [0.15, 0.2) is 5.82 Å². The minimum absolute atomic E-state index is 0.0914. The Balaban J connectivity index is 2.22. The SMILES string of the molecule is Cn1ccc(CNC(=O)c2cc(N)c(F)cc2[N+](=O)[O-])n1. The summed E-state index contributed by atoms with van der Waals surface area (Å²) in [6.45, 7) is 0.0914. The minimum Gasteiger partial charge on any atom is -0.396 e. The molecule has 0 aliphatic carbocycles. The summed E-state index contributed by atoms with van der Waals surface area (Å²) in [6.07, 6.45) is 1.69. The van der Waals surface area contributed by atoms with Crippen molar-refractivity contribution in [2.75, 3.05) is 5.73 Å². The molecule has 0 atom stereocenters. The average molecular weight is 293 g/mol. The van der Waals surface area contributed by atoms with Crippen molar-refractivity contribution in [1.29, 1.82) is 0 Å². The third-order valence-electron chi connectivity index (χ3n) is 2.76. The second-order valence-electron chi connectivity index (χ2n) is 4.31. The Morgan fingerprint density at radius 2 is 2.29 bits per heavy atom. The van der Waals surface area contributed by atoms with Crippen molar-refractivity contribution in [2.24, 2.45) is 7.05 Å². The predicted octanol–water partition coefficient (Wildman–Crippen LogP) is 0.980. The van der Waals surface area contributed by atoms with E-state index in [2.05, 4.69) is 10.4 Å². The van der Waals surface area contributed by atoms with Gasteiger partial charge >= 0.3 is 0 Å². The highest BCUT2D eigenvalue weighted by molar-refractivity contribution is 5.99. The Morgan fingerprint density at radius 1 is 1.57 bits per heavy atom. The number of nitrogens with zero attached hydrogens (tertiary/aromatic N) is 3. The van der Waals surface area contributed by atoms with Crippen molar-refractivity contribution in [3.8, 4) is 0 Å². The largest absolute Gasteiger partial charge is 0.396 e. The fourth-order valence-electron chi connectivity index (χ4n) is 1.74. The van der Waals surface area contributed by atoms with Crippen LogP contribution < -0.4 is 11.1 Å². The van der Waals surface area contributed by atoms with Gasteiger partial charge in [-0.15, -0.1) is 0 Å². The van der Waals surface area contributed by atoms with Crippen molar-refractivity contribution in [1.82, 2.24) is 15.1 Å². The normalized spacial score (nSPS) is 10.4. The molecule has 2 aromatic rings. The van der Waals surface area contributed by atoms with Crippen molar-refractivity contribution in [3.63, 3.8) is 0 Å². The molecule has 0 aliphatic rings. The second kappa shape index (κ2) is 5.57. The molecule has 1 aromatic heterocycles. The first kappa shape index (κ1) is 14.4. The molecule has 0 unspecified atom stereocenters. The molecule has 0 saturated heterocycles. The summed E-state index contributed by atoms with van der Waals surface area (Å²) in [7, 11) is 1.72. The monoisotopic (exact) mass is 293 g/mol. The minimum atomic E-state index is -0.942. The molecular formula is C12H12FN5O3. The summed E-state index contributed by atoms with van der Waals surface area (Å²) in [5.41, 5.74) is 4.67. The highest BCUT2D eigenvalue weighted by Gasteiger charge is 2.22. The van der Waals surface area contributed by atoms with Crippen LogP contribution in [0.4, 0.5) is 15.8 Å². The van der Waals surface area contributed by atoms with Gasteiger partial charge in [0, 0.05) is 13.2 Å². The number of nitrogen functional groups attached to an aromatic ring is 1. The molecule has 3 N–H and O–H groups in total. The van der Waals surface area contributed by atoms with Crippen LogP contribution in [0.25, 0.3) is 0 Å². The molecule has 2 rings (SSSR count). The summed E-state index contributed by atoms with van der Waals surface area (Å²) in [4.78, 5) is 22.0. The number of nitrogens with two attached hydrogens (primary N) is 1. The third-order valence-corrected chi connectivity index (χ3v) is 2.76. The van der Waals surface area contributed by atoms with Crippen molar-refractivity contribution >= 4 is 17.3 Å². The standard InChI is InChI=1S/C12H12FN5O3/c1-17-3-2-7(16-17)6-15-12(19)8-4-10(14)9(13)5-11(8)18(20)21/h2-5H,6,14H2,1H3,(H,15,19). The molecule has 110 valence electrons. The molecule has 0 saturated carbocycles. The molecule has 0 bridgehead atoms. The number of anilines is 1. The zero-order valence-corrected chi connectivity index (χ0v) is 11.0. The van der Waals surface area contributed by atoms with Gasteiger partial charge in [0.2, 0.25) is 0 Å². The van der Waals surface area contributed by atoms with Crippen LogP contribution in [0.5, 0.6) is 0 Å². The predicted molar refractivity (Wildman–Crippen MR) is 71.8 cm³/mol. The number of amides is 1. The molecule has 0 aliphatic heterocycles. The number of carbonyl (C=O) groups is 1. The molecular weight excluding hydrogens is 281 g/mol. The van der Waals surface area contributed by atoms with E-state index in [0.717, 1.165) is 6.07 Å². The molecule has 1 aromatic carbocycles. The van der Waals surface area contributed by atoms with Gasteiger partial charge in [-0.25, -0.2) is 4.39 Å². The number of hydrogen-bond acceptors (Lipinski definition) is 5. The molecule has 0 fully saturated rings. The van der Waals surface area contributed by atoms with Crippen LogP contribution in [-0.4, -0.2) is 20.6 Å². The molecule has 21 heavy (non-hydrogen) atoms. The zero-order chi connectivity index (χ0) is 15.6. The van der Waals surface area contributed by atoms with Gasteiger partial charge in [0.25, 0.3) is 11.6 Å². The van der Waals surface area contributed by atoms with E-state index in [1.807, 2.05) is 0 Å². The average Bonchev–Trinajstić information content (AvgIpc) is 2.84. The lowest BCUT2D eigenvalue weighted by Gasteiger charge is -2.06. The Hall–Kier alpha value is -2.97. The Bertz CT molecular complexity index is 713. The number of nitrogens with one attached hydrogen (secondary N) is 1. The van der Waals surface area contributed by atoms with E-state index < -0.39 is 22.3 Å².